The number of guanidine groups is 1. The number of carbonyl (C=O) groups excluding carboxylic acids is 8. The Balaban J connectivity index is 6.46. The fourth-order valence-electron chi connectivity index (χ4n) is 5.68. The lowest BCUT2D eigenvalue weighted by Crippen LogP contribution is -2.61. The average molecular weight is 998 g/mol. The molecule has 0 rings (SSSR count). The summed E-state index contributed by atoms with van der Waals surface area (Å²) in [6, 6.07) is -12.1. The SMILES string of the molecule is CC[C@H](C)[C@H](NC(=O)[C@H](CO)NC(=O)[C@H](CCCN=C(N)N)NC(=O)[C@H](CCSC)NC(=O)[C@H](CCCCN)NC(=O)[C@H](CO)NC(=O)[C@H](C)NC(=O)[C@@H](N)CS)C(=O)N[C@@H](CS)C(=O)O. The molecular formula is C38H71N13O12S3. The molecule has 19 N–H and O–H groups in total. The third-order valence-corrected chi connectivity index (χ3v) is 11.3. The Morgan fingerprint density at radius 3 is 1.50 bits per heavy atom. The number of rotatable bonds is 34. The number of hydrogen-bond donors (Lipinski definition) is 17. The number of amides is 8. The smallest absolute Gasteiger partial charge is 0.327 e. The van der Waals surface area contributed by atoms with E-state index in [-0.39, 0.29) is 56.2 Å². The molecule has 28 heteroatoms. The maximum atomic E-state index is 14.0. The van der Waals surface area contributed by atoms with Crippen molar-refractivity contribution in [3.8, 4) is 0 Å². The van der Waals surface area contributed by atoms with E-state index in [1.165, 1.54) is 18.7 Å². The molecule has 66 heavy (non-hydrogen) atoms. The first-order valence-electron chi connectivity index (χ1n) is 21.2. The van der Waals surface area contributed by atoms with Crippen molar-refractivity contribution < 1.29 is 58.5 Å². The number of thioether (sulfide) groups is 1. The lowest BCUT2D eigenvalue weighted by atomic mass is 9.97. The fraction of sp³-hybridized carbons (Fsp3) is 0.737. The summed E-state index contributed by atoms with van der Waals surface area (Å²) in [5.41, 5.74) is 22.2. The molecule has 0 saturated carbocycles. The number of aliphatic carboxylic acids is 1. The van der Waals surface area contributed by atoms with E-state index in [2.05, 4.69) is 72.8 Å². The zero-order valence-electron chi connectivity index (χ0n) is 37.7. The molecule has 0 aliphatic rings. The molecule has 8 amide bonds. The molecule has 0 radical (unpaired) electrons. The van der Waals surface area contributed by atoms with Gasteiger partial charge in [-0.3, -0.25) is 43.3 Å². The molecule has 378 valence electrons. The minimum absolute atomic E-state index is 0.00177. The maximum absolute atomic E-state index is 14.0. The van der Waals surface area contributed by atoms with Gasteiger partial charge in [0.15, 0.2) is 5.96 Å². The fourth-order valence-corrected chi connectivity index (χ4v) is 6.57. The van der Waals surface area contributed by atoms with Gasteiger partial charge in [-0.2, -0.15) is 37.0 Å². The Morgan fingerprint density at radius 1 is 0.606 bits per heavy atom. The molecule has 0 aromatic heterocycles. The number of carboxylic acids is 1. The number of carboxylic acid groups (broad SMARTS) is 1. The van der Waals surface area contributed by atoms with Crippen molar-refractivity contribution in [3.63, 3.8) is 0 Å². The molecule has 0 aromatic carbocycles. The zero-order chi connectivity index (χ0) is 50.5. The van der Waals surface area contributed by atoms with Crippen LogP contribution in [0.1, 0.15) is 65.7 Å². The highest BCUT2D eigenvalue weighted by Crippen LogP contribution is 2.11. The van der Waals surface area contributed by atoms with Crippen LogP contribution in [-0.4, -0.2) is 179 Å². The van der Waals surface area contributed by atoms with Gasteiger partial charge in [-0.25, -0.2) is 4.79 Å². The van der Waals surface area contributed by atoms with Crippen LogP contribution in [0.5, 0.6) is 0 Å². The Hall–Kier alpha value is -4.61. The topological polar surface area (TPSA) is 427 Å². The first kappa shape index (κ1) is 61.4. The highest BCUT2D eigenvalue weighted by molar-refractivity contribution is 7.98. The van der Waals surface area contributed by atoms with E-state index >= 15 is 0 Å². The minimum atomic E-state index is -1.66. The van der Waals surface area contributed by atoms with Crippen LogP contribution in [0, 0.1) is 5.92 Å². The van der Waals surface area contributed by atoms with Crippen molar-refractivity contribution in [1.82, 2.24) is 42.5 Å². The second-order valence-corrected chi connectivity index (χ2v) is 16.9. The van der Waals surface area contributed by atoms with Gasteiger partial charge in [0.1, 0.15) is 48.3 Å². The summed E-state index contributed by atoms with van der Waals surface area (Å²) in [6.07, 6.45) is 2.92. The summed E-state index contributed by atoms with van der Waals surface area (Å²) in [4.78, 5) is 122. The number of unbranched alkanes of at least 4 members (excludes halogenated alkanes) is 1. The number of nitrogens with two attached hydrogens (primary N) is 4. The monoisotopic (exact) mass is 997 g/mol. The molecule has 0 aromatic rings. The standard InChI is InChI=1S/C38H71N13O12S3/c1-5-19(2)28(36(61)50-27(18-65)37(62)63)51-35(60)26(16-53)49-32(57)23(10-8-13-43-38(41)42)45-33(58)24(11-14-66-4)47-31(56)22(9-6-7-12-39)46-34(59)25(15-52)48-29(54)20(3)44-30(55)21(40)17-64/h19-28,52-53,64-65H,5-18,39-40H2,1-4H3,(H,44,55)(H,45,58)(H,46,59)(H,47,56)(H,48,54)(H,49,57)(H,50,61)(H,51,60)(H,62,63)(H4,41,42,43)/t19-,20-,21-,22-,23-,24-,25-,26-,27-,28-/m0/s1. The molecule has 25 nitrogen and oxygen atoms in total. The Kier molecular flexibility index (Phi) is 31.4. The highest BCUT2D eigenvalue weighted by Gasteiger charge is 2.35. The molecule has 10 atom stereocenters. The second-order valence-electron chi connectivity index (χ2n) is 15.2. The lowest BCUT2D eigenvalue weighted by molar-refractivity contribution is -0.142. The molecule has 0 saturated heterocycles. The number of aliphatic imine (C=N–C) groups is 1. The molecule has 0 aliphatic carbocycles. The van der Waals surface area contributed by atoms with E-state index in [0.717, 1.165) is 0 Å². The Labute approximate surface area is 399 Å². The lowest BCUT2D eigenvalue weighted by Gasteiger charge is -2.28. The number of thiol groups is 2. The number of nitrogens with zero attached hydrogens (tertiary/aromatic N) is 1. The number of aliphatic hydroxyl groups is 2. The number of hydrogen-bond acceptors (Lipinski definition) is 17. The summed E-state index contributed by atoms with van der Waals surface area (Å²) in [5, 5.41) is 49.1. The van der Waals surface area contributed by atoms with Gasteiger partial charge in [0, 0.05) is 18.1 Å². The number of aliphatic hydroxyl groups excluding tert-OH is 2. The predicted octanol–water partition coefficient (Wildman–Crippen LogP) is -5.88. The van der Waals surface area contributed by atoms with Crippen molar-refractivity contribution in [2.75, 3.05) is 49.8 Å². The molecule has 0 unspecified atom stereocenters. The van der Waals surface area contributed by atoms with Gasteiger partial charge in [-0.05, 0) is 69.9 Å². The number of nitrogens with one attached hydrogen (secondary N) is 8. The summed E-state index contributed by atoms with van der Waals surface area (Å²) in [5.74, 6) is -9.01. The Bertz CT molecular complexity index is 1630. The average Bonchev–Trinajstić information content (AvgIpc) is 3.28. The first-order valence-corrected chi connectivity index (χ1v) is 23.9. The van der Waals surface area contributed by atoms with Crippen LogP contribution in [0.4, 0.5) is 0 Å². The summed E-state index contributed by atoms with van der Waals surface area (Å²) in [6.45, 7) is 3.09. The van der Waals surface area contributed by atoms with Crippen LogP contribution >= 0.6 is 37.0 Å². The van der Waals surface area contributed by atoms with Crippen LogP contribution in [0.15, 0.2) is 4.99 Å². The Morgan fingerprint density at radius 2 is 1.06 bits per heavy atom. The van der Waals surface area contributed by atoms with Crippen LogP contribution in [0.3, 0.4) is 0 Å². The second kappa shape index (κ2) is 33.8. The van der Waals surface area contributed by atoms with Crippen LogP contribution in [0.2, 0.25) is 0 Å². The van der Waals surface area contributed by atoms with Gasteiger partial charge in [-0.1, -0.05) is 20.3 Å². The van der Waals surface area contributed by atoms with Gasteiger partial charge in [0.2, 0.25) is 47.3 Å². The van der Waals surface area contributed by atoms with Crippen molar-refractivity contribution >= 4 is 96.2 Å². The molecular weight excluding hydrogens is 927 g/mol. The predicted molar refractivity (Wildman–Crippen MR) is 254 cm³/mol. The minimum Gasteiger partial charge on any atom is -0.480 e. The van der Waals surface area contributed by atoms with Crippen molar-refractivity contribution in [1.29, 1.82) is 0 Å². The van der Waals surface area contributed by atoms with E-state index < -0.39 is 127 Å². The van der Waals surface area contributed by atoms with E-state index in [1.54, 1.807) is 20.1 Å². The largest absolute Gasteiger partial charge is 0.480 e. The maximum Gasteiger partial charge on any atom is 0.327 e. The van der Waals surface area contributed by atoms with Gasteiger partial charge in [-0.15, -0.1) is 0 Å². The van der Waals surface area contributed by atoms with Crippen LogP contribution in [0.25, 0.3) is 0 Å². The van der Waals surface area contributed by atoms with E-state index in [4.69, 9.17) is 22.9 Å². The van der Waals surface area contributed by atoms with E-state index in [1.807, 2.05) is 0 Å². The van der Waals surface area contributed by atoms with Crippen molar-refractivity contribution in [2.24, 2.45) is 33.8 Å². The van der Waals surface area contributed by atoms with Crippen LogP contribution < -0.4 is 65.5 Å². The van der Waals surface area contributed by atoms with Crippen molar-refractivity contribution in [3.05, 3.63) is 0 Å². The normalized spacial score (nSPS) is 15.5. The van der Waals surface area contributed by atoms with Gasteiger partial charge >= 0.3 is 5.97 Å². The number of carbonyl (C=O) groups is 9. The van der Waals surface area contributed by atoms with E-state index in [0.29, 0.717) is 25.0 Å². The summed E-state index contributed by atoms with van der Waals surface area (Å²) >= 11 is 9.23. The third-order valence-electron chi connectivity index (χ3n) is 9.91. The zero-order valence-corrected chi connectivity index (χ0v) is 40.4. The summed E-state index contributed by atoms with van der Waals surface area (Å²) < 4.78 is 0. The molecule has 0 bridgehead atoms. The molecule has 0 spiro atoms. The van der Waals surface area contributed by atoms with Crippen molar-refractivity contribution in [2.45, 2.75) is 120 Å². The molecule has 0 fully saturated rings. The van der Waals surface area contributed by atoms with Gasteiger partial charge in [0.25, 0.3) is 0 Å². The highest BCUT2D eigenvalue weighted by atomic mass is 32.2. The molecule has 0 heterocycles. The first-order chi connectivity index (χ1) is 31.1. The third kappa shape index (κ3) is 23.2. The summed E-state index contributed by atoms with van der Waals surface area (Å²) in [7, 11) is 0. The quantitative estimate of drug-likeness (QED) is 0.0124. The van der Waals surface area contributed by atoms with E-state index in [9.17, 15) is 58.5 Å². The van der Waals surface area contributed by atoms with Crippen LogP contribution in [-0.2, 0) is 43.2 Å². The van der Waals surface area contributed by atoms with Gasteiger partial charge < -0.3 is 80.8 Å². The molecule has 0 aliphatic heterocycles. The van der Waals surface area contributed by atoms with Gasteiger partial charge in [0.05, 0.1) is 19.3 Å².